The number of hydrogen-bond acceptors (Lipinski definition) is 1. The zero-order chi connectivity index (χ0) is 13.1. The molecular formula is C16H20ClN. The van der Waals surface area contributed by atoms with E-state index in [4.69, 9.17) is 17.3 Å². The van der Waals surface area contributed by atoms with Gasteiger partial charge in [0.25, 0.3) is 0 Å². The maximum atomic E-state index is 6.32. The Bertz CT molecular complexity index is 534. The van der Waals surface area contributed by atoms with Crippen molar-refractivity contribution in [2.45, 2.75) is 32.7 Å². The van der Waals surface area contributed by atoms with Crippen LogP contribution in [0.5, 0.6) is 0 Å². The van der Waals surface area contributed by atoms with E-state index in [2.05, 4.69) is 32.0 Å². The minimum atomic E-state index is 0.0922. The van der Waals surface area contributed by atoms with E-state index < -0.39 is 0 Å². The van der Waals surface area contributed by atoms with Gasteiger partial charge in [0.05, 0.1) is 0 Å². The predicted octanol–water partition coefficient (Wildman–Crippen LogP) is 4.93. The van der Waals surface area contributed by atoms with Crippen molar-refractivity contribution in [3.63, 3.8) is 0 Å². The third-order valence-electron chi connectivity index (χ3n) is 3.36. The Hall–Kier alpha value is -1.05. The summed E-state index contributed by atoms with van der Waals surface area (Å²) in [5, 5.41) is 3.07. The van der Waals surface area contributed by atoms with Gasteiger partial charge in [0.15, 0.2) is 0 Å². The number of fused-ring (bicyclic) bond motifs is 1. The second-order valence-corrected chi connectivity index (χ2v) is 5.67. The van der Waals surface area contributed by atoms with Crippen LogP contribution in [-0.2, 0) is 0 Å². The molecular weight excluding hydrogens is 242 g/mol. The van der Waals surface area contributed by atoms with Gasteiger partial charge in [-0.3, -0.25) is 0 Å². The highest BCUT2D eigenvalue weighted by Gasteiger charge is 2.11. The van der Waals surface area contributed by atoms with Gasteiger partial charge < -0.3 is 5.73 Å². The zero-order valence-electron chi connectivity index (χ0n) is 11.0. The molecule has 1 unspecified atom stereocenters. The zero-order valence-corrected chi connectivity index (χ0v) is 11.7. The SMILES string of the molecule is CC(C)CCC(N)c1ccc(Cl)c2ccccc12. The summed E-state index contributed by atoms with van der Waals surface area (Å²) in [4.78, 5) is 0. The molecule has 2 N–H and O–H groups in total. The third kappa shape index (κ3) is 2.85. The van der Waals surface area contributed by atoms with Gasteiger partial charge in [-0.05, 0) is 35.8 Å². The monoisotopic (exact) mass is 261 g/mol. The van der Waals surface area contributed by atoms with Gasteiger partial charge >= 0.3 is 0 Å². The van der Waals surface area contributed by atoms with Crippen molar-refractivity contribution >= 4 is 22.4 Å². The van der Waals surface area contributed by atoms with Gasteiger partial charge in [0, 0.05) is 16.5 Å². The summed E-state index contributed by atoms with van der Waals surface area (Å²) in [5.74, 6) is 0.689. The van der Waals surface area contributed by atoms with Crippen molar-refractivity contribution in [1.82, 2.24) is 0 Å². The van der Waals surface area contributed by atoms with E-state index in [0.29, 0.717) is 5.92 Å². The summed E-state index contributed by atoms with van der Waals surface area (Å²) in [5.41, 5.74) is 7.52. The lowest BCUT2D eigenvalue weighted by Gasteiger charge is -2.16. The molecule has 18 heavy (non-hydrogen) atoms. The van der Waals surface area contributed by atoms with Crippen molar-refractivity contribution in [2.24, 2.45) is 11.7 Å². The van der Waals surface area contributed by atoms with Gasteiger partial charge in [0.1, 0.15) is 0 Å². The van der Waals surface area contributed by atoms with Crippen LogP contribution in [0.2, 0.25) is 5.02 Å². The van der Waals surface area contributed by atoms with Gasteiger partial charge in [-0.2, -0.15) is 0 Å². The molecule has 2 aromatic carbocycles. The Morgan fingerprint density at radius 3 is 2.33 bits per heavy atom. The van der Waals surface area contributed by atoms with Crippen molar-refractivity contribution in [2.75, 3.05) is 0 Å². The van der Waals surface area contributed by atoms with Crippen molar-refractivity contribution < 1.29 is 0 Å². The van der Waals surface area contributed by atoms with Crippen molar-refractivity contribution in [3.05, 3.63) is 47.0 Å². The van der Waals surface area contributed by atoms with Gasteiger partial charge in [0.2, 0.25) is 0 Å². The fourth-order valence-corrected chi connectivity index (χ4v) is 2.51. The van der Waals surface area contributed by atoms with Crippen LogP contribution in [0.15, 0.2) is 36.4 Å². The van der Waals surface area contributed by atoms with Gasteiger partial charge in [-0.15, -0.1) is 0 Å². The Morgan fingerprint density at radius 1 is 1.00 bits per heavy atom. The normalized spacial score (nSPS) is 13.2. The number of rotatable bonds is 4. The predicted molar refractivity (Wildman–Crippen MR) is 80.0 cm³/mol. The molecule has 0 aromatic heterocycles. The maximum absolute atomic E-state index is 6.32. The first-order valence-corrected chi connectivity index (χ1v) is 6.90. The average Bonchev–Trinajstić information content (AvgIpc) is 2.37. The summed E-state index contributed by atoms with van der Waals surface area (Å²) < 4.78 is 0. The molecule has 2 aromatic rings. The minimum Gasteiger partial charge on any atom is -0.324 e. The van der Waals surface area contributed by atoms with Crippen LogP contribution >= 0.6 is 11.6 Å². The lowest BCUT2D eigenvalue weighted by Crippen LogP contribution is -2.11. The van der Waals surface area contributed by atoms with Crippen LogP contribution in [0, 0.1) is 5.92 Å². The van der Waals surface area contributed by atoms with E-state index in [-0.39, 0.29) is 6.04 Å². The van der Waals surface area contributed by atoms with Crippen LogP contribution in [-0.4, -0.2) is 0 Å². The second-order valence-electron chi connectivity index (χ2n) is 5.26. The van der Waals surface area contributed by atoms with Crippen molar-refractivity contribution in [1.29, 1.82) is 0 Å². The highest BCUT2D eigenvalue weighted by Crippen LogP contribution is 2.31. The molecule has 0 saturated heterocycles. The number of halogens is 1. The Balaban J connectivity index is 2.36. The summed E-state index contributed by atoms with van der Waals surface area (Å²) in [7, 11) is 0. The molecule has 0 fully saturated rings. The first kappa shape index (κ1) is 13.4. The largest absolute Gasteiger partial charge is 0.324 e. The summed E-state index contributed by atoms with van der Waals surface area (Å²) in [6.07, 6.45) is 2.17. The number of benzene rings is 2. The van der Waals surface area contributed by atoms with Crippen LogP contribution in [0.1, 0.15) is 38.3 Å². The van der Waals surface area contributed by atoms with Crippen LogP contribution in [0.25, 0.3) is 10.8 Å². The van der Waals surface area contributed by atoms with Crippen molar-refractivity contribution in [3.8, 4) is 0 Å². The Kier molecular flexibility index (Phi) is 4.26. The van der Waals surface area contributed by atoms with Crippen LogP contribution < -0.4 is 5.73 Å². The van der Waals surface area contributed by atoms with E-state index in [1.165, 1.54) is 10.9 Å². The molecule has 2 heteroatoms. The molecule has 96 valence electrons. The molecule has 1 nitrogen and oxygen atoms in total. The van der Waals surface area contributed by atoms with E-state index >= 15 is 0 Å². The van der Waals surface area contributed by atoms with Gasteiger partial charge in [-0.1, -0.05) is 55.8 Å². The lowest BCUT2D eigenvalue weighted by molar-refractivity contribution is 0.508. The molecule has 0 aliphatic carbocycles. The van der Waals surface area contributed by atoms with E-state index in [9.17, 15) is 0 Å². The molecule has 0 bridgehead atoms. The number of nitrogens with two attached hydrogens (primary N) is 1. The standard InChI is InChI=1S/C16H20ClN/c1-11(2)7-10-16(18)14-8-9-15(17)13-6-4-3-5-12(13)14/h3-6,8-9,11,16H,7,10,18H2,1-2H3. The fourth-order valence-electron chi connectivity index (χ4n) is 2.28. The summed E-state index contributed by atoms with van der Waals surface area (Å²) in [6, 6.07) is 12.3. The second kappa shape index (κ2) is 5.73. The summed E-state index contributed by atoms with van der Waals surface area (Å²) in [6.45, 7) is 4.46. The minimum absolute atomic E-state index is 0.0922. The molecule has 0 amide bonds. The van der Waals surface area contributed by atoms with Gasteiger partial charge in [-0.25, -0.2) is 0 Å². The molecule has 0 aliphatic heterocycles. The smallest absolute Gasteiger partial charge is 0.0484 e. The molecule has 0 radical (unpaired) electrons. The first-order valence-electron chi connectivity index (χ1n) is 6.52. The Labute approximate surface area is 114 Å². The highest BCUT2D eigenvalue weighted by atomic mass is 35.5. The number of hydrogen-bond donors (Lipinski definition) is 1. The fraction of sp³-hybridized carbons (Fsp3) is 0.375. The third-order valence-corrected chi connectivity index (χ3v) is 3.69. The first-order chi connectivity index (χ1) is 8.59. The quantitative estimate of drug-likeness (QED) is 0.830. The van der Waals surface area contributed by atoms with Crippen LogP contribution in [0.3, 0.4) is 0 Å². The molecule has 1 atom stereocenters. The Morgan fingerprint density at radius 2 is 1.67 bits per heavy atom. The topological polar surface area (TPSA) is 26.0 Å². The molecule has 0 spiro atoms. The van der Waals surface area contributed by atoms with E-state index in [0.717, 1.165) is 23.3 Å². The van der Waals surface area contributed by atoms with Crippen LogP contribution in [0.4, 0.5) is 0 Å². The molecule has 0 heterocycles. The maximum Gasteiger partial charge on any atom is 0.0484 e. The molecule has 0 aliphatic rings. The van der Waals surface area contributed by atoms with E-state index in [1.807, 2.05) is 18.2 Å². The van der Waals surface area contributed by atoms with E-state index in [1.54, 1.807) is 0 Å². The lowest BCUT2D eigenvalue weighted by atomic mass is 9.94. The summed E-state index contributed by atoms with van der Waals surface area (Å²) >= 11 is 6.22. The molecule has 2 rings (SSSR count). The molecule has 0 saturated carbocycles. The average molecular weight is 262 g/mol. The highest BCUT2D eigenvalue weighted by molar-refractivity contribution is 6.35.